The number of halogens is 1. The number of hydrogen-bond acceptors (Lipinski definition) is 3. The van der Waals surface area contributed by atoms with Crippen LogP contribution in [0.5, 0.6) is 11.5 Å². The Balaban J connectivity index is 1.91. The zero-order valence-electron chi connectivity index (χ0n) is 11.1. The van der Waals surface area contributed by atoms with Gasteiger partial charge in [-0.15, -0.1) is 0 Å². The fourth-order valence-electron chi connectivity index (χ4n) is 1.81. The summed E-state index contributed by atoms with van der Waals surface area (Å²) < 4.78 is 23.7. The fourth-order valence-corrected chi connectivity index (χ4v) is 1.81. The second kappa shape index (κ2) is 6.70. The van der Waals surface area contributed by atoms with Gasteiger partial charge in [0.25, 0.3) is 0 Å². The van der Waals surface area contributed by atoms with Crippen LogP contribution in [0, 0.1) is 5.82 Å². The quantitative estimate of drug-likeness (QED) is 0.758. The third kappa shape index (κ3) is 3.82. The second-order valence-electron chi connectivity index (χ2n) is 4.28. The molecule has 0 N–H and O–H groups in total. The van der Waals surface area contributed by atoms with Gasteiger partial charge >= 0.3 is 0 Å². The van der Waals surface area contributed by atoms with Crippen molar-refractivity contribution in [3.63, 3.8) is 0 Å². The molecule has 0 saturated heterocycles. The molecular formula is C16H15FO3. The van der Waals surface area contributed by atoms with Crippen LogP contribution in [-0.4, -0.2) is 20.0 Å². The van der Waals surface area contributed by atoms with Crippen LogP contribution >= 0.6 is 0 Å². The first kappa shape index (κ1) is 14.1. The van der Waals surface area contributed by atoms with Crippen molar-refractivity contribution in [2.45, 2.75) is 6.42 Å². The third-order valence-corrected chi connectivity index (χ3v) is 2.85. The number of ether oxygens (including phenoxy) is 2. The van der Waals surface area contributed by atoms with Gasteiger partial charge < -0.3 is 9.47 Å². The van der Waals surface area contributed by atoms with Crippen molar-refractivity contribution in [2.24, 2.45) is 0 Å². The molecule has 0 unspecified atom stereocenters. The van der Waals surface area contributed by atoms with Crippen molar-refractivity contribution < 1.29 is 18.7 Å². The minimum atomic E-state index is -0.478. The monoisotopic (exact) mass is 274 g/mol. The van der Waals surface area contributed by atoms with Gasteiger partial charge in [-0.05, 0) is 29.8 Å². The molecule has 0 bridgehead atoms. The Kier molecular flexibility index (Phi) is 4.71. The summed E-state index contributed by atoms with van der Waals surface area (Å²) in [4.78, 5) is 10.6. The van der Waals surface area contributed by atoms with E-state index in [1.807, 2.05) is 24.3 Å². The smallest absolute Gasteiger partial charge is 0.150 e. The summed E-state index contributed by atoms with van der Waals surface area (Å²) in [6, 6.07) is 11.6. The first-order valence-corrected chi connectivity index (χ1v) is 6.23. The van der Waals surface area contributed by atoms with E-state index in [1.54, 1.807) is 7.11 Å². The van der Waals surface area contributed by atoms with E-state index in [1.165, 1.54) is 18.2 Å². The van der Waals surface area contributed by atoms with Crippen LogP contribution in [0.1, 0.15) is 15.9 Å². The van der Waals surface area contributed by atoms with Crippen LogP contribution < -0.4 is 9.47 Å². The van der Waals surface area contributed by atoms with Gasteiger partial charge in [-0.1, -0.05) is 12.1 Å². The summed E-state index contributed by atoms with van der Waals surface area (Å²) in [6.45, 7) is 0.411. The molecule has 20 heavy (non-hydrogen) atoms. The molecule has 2 aromatic rings. The van der Waals surface area contributed by atoms with E-state index in [0.717, 1.165) is 11.3 Å². The largest absolute Gasteiger partial charge is 0.497 e. The number of benzene rings is 2. The predicted molar refractivity (Wildman–Crippen MR) is 74.0 cm³/mol. The van der Waals surface area contributed by atoms with Crippen LogP contribution in [0.15, 0.2) is 42.5 Å². The Hall–Kier alpha value is -2.36. The van der Waals surface area contributed by atoms with E-state index in [2.05, 4.69) is 0 Å². The molecule has 0 aliphatic heterocycles. The van der Waals surface area contributed by atoms with Crippen LogP contribution in [0.25, 0.3) is 0 Å². The summed E-state index contributed by atoms with van der Waals surface area (Å²) in [6.07, 6.45) is 1.29. The lowest BCUT2D eigenvalue weighted by atomic mass is 10.1. The number of hydrogen-bond donors (Lipinski definition) is 0. The molecule has 0 atom stereocenters. The lowest BCUT2D eigenvalue weighted by Gasteiger charge is -2.07. The molecule has 3 nitrogen and oxygen atoms in total. The van der Waals surface area contributed by atoms with E-state index < -0.39 is 5.82 Å². The summed E-state index contributed by atoms with van der Waals surface area (Å²) in [5, 5.41) is 0. The maximum atomic E-state index is 13.2. The predicted octanol–water partition coefficient (Wildman–Crippen LogP) is 3.27. The molecule has 0 heterocycles. The first-order chi connectivity index (χ1) is 9.71. The Morgan fingerprint density at radius 1 is 1.10 bits per heavy atom. The summed E-state index contributed by atoms with van der Waals surface area (Å²) >= 11 is 0. The normalized spacial score (nSPS) is 10.1. The molecule has 0 spiro atoms. The minimum absolute atomic E-state index is 0.268. The van der Waals surface area contributed by atoms with E-state index in [9.17, 15) is 9.18 Å². The lowest BCUT2D eigenvalue weighted by molar-refractivity contribution is 0.112. The van der Waals surface area contributed by atoms with Gasteiger partial charge in [0.1, 0.15) is 23.6 Å². The Labute approximate surface area is 117 Å². The Morgan fingerprint density at radius 3 is 2.50 bits per heavy atom. The average molecular weight is 274 g/mol. The maximum Gasteiger partial charge on any atom is 0.150 e. The molecule has 104 valence electrons. The number of rotatable bonds is 6. The summed E-state index contributed by atoms with van der Waals surface area (Å²) in [7, 11) is 1.62. The number of carbonyl (C=O) groups is 1. The molecule has 0 aromatic heterocycles. The van der Waals surface area contributed by atoms with E-state index in [0.29, 0.717) is 25.1 Å². The van der Waals surface area contributed by atoms with E-state index in [4.69, 9.17) is 9.47 Å². The number of aldehydes is 1. The Bertz CT molecular complexity index is 579. The molecule has 0 saturated carbocycles. The maximum absolute atomic E-state index is 13.2. The van der Waals surface area contributed by atoms with Gasteiger partial charge in [0, 0.05) is 18.1 Å². The zero-order valence-corrected chi connectivity index (χ0v) is 11.1. The van der Waals surface area contributed by atoms with Crippen LogP contribution in [0.2, 0.25) is 0 Å². The lowest BCUT2D eigenvalue weighted by Crippen LogP contribution is -2.02. The molecule has 2 rings (SSSR count). The van der Waals surface area contributed by atoms with Crippen molar-refractivity contribution in [1.82, 2.24) is 0 Å². The second-order valence-corrected chi connectivity index (χ2v) is 4.28. The number of methoxy groups -OCH3 is 1. The molecule has 0 radical (unpaired) electrons. The minimum Gasteiger partial charge on any atom is -0.497 e. The molecule has 0 aliphatic carbocycles. The van der Waals surface area contributed by atoms with Crippen LogP contribution in [0.3, 0.4) is 0 Å². The van der Waals surface area contributed by atoms with E-state index >= 15 is 0 Å². The van der Waals surface area contributed by atoms with Gasteiger partial charge in [-0.25, -0.2) is 4.39 Å². The van der Waals surface area contributed by atoms with Crippen molar-refractivity contribution in [3.8, 4) is 11.5 Å². The van der Waals surface area contributed by atoms with Gasteiger partial charge in [0.2, 0.25) is 0 Å². The molecule has 0 amide bonds. The highest BCUT2D eigenvalue weighted by atomic mass is 19.1. The summed E-state index contributed by atoms with van der Waals surface area (Å²) in [5.74, 6) is 0.685. The molecule has 2 aromatic carbocycles. The Morgan fingerprint density at radius 2 is 1.85 bits per heavy atom. The van der Waals surface area contributed by atoms with E-state index in [-0.39, 0.29) is 5.56 Å². The summed E-state index contributed by atoms with van der Waals surface area (Å²) in [5.41, 5.74) is 1.36. The SMILES string of the molecule is COc1ccc(CCOc2cc(F)cc(C=O)c2)cc1. The van der Waals surface area contributed by atoms with Crippen molar-refractivity contribution in [3.05, 3.63) is 59.4 Å². The third-order valence-electron chi connectivity index (χ3n) is 2.85. The van der Waals surface area contributed by atoms with Crippen LogP contribution in [0.4, 0.5) is 4.39 Å². The van der Waals surface area contributed by atoms with Crippen molar-refractivity contribution >= 4 is 6.29 Å². The highest BCUT2D eigenvalue weighted by molar-refractivity contribution is 5.75. The molecular weight excluding hydrogens is 259 g/mol. The van der Waals surface area contributed by atoms with Gasteiger partial charge in [0.05, 0.1) is 13.7 Å². The fraction of sp³-hybridized carbons (Fsp3) is 0.188. The van der Waals surface area contributed by atoms with Gasteiger partial charge in [-0.2, -0.15) is 0 Å². The number of carbonyl (C=O) groups excluding carboxylic acids is 1. The molecule has 0 fully saturated rings. The van der Waals surface area contributed by atoms with Crippen molar-refractivity contribution in [2.75, 3.05) is 13.7 Å². The zero-order chi connectivity index (χ0) is 14.4. The average Bonchev–Trinajstić information content (AvgIpc) is 2.47. The topological polar surface area (TPSA) is 35.5 Å². The molecule has 4 heteroatoms. The highest BCUT2D eigenvalue weighted by Gasteiger charge is 2.02. The van der Waals surface area contributed by atoms with Crippen LogP contribution in [-0.2, 0) is 6.42 Å². The van der Waals surface area contributed by atoms with Crippen molar-refractivity contribution in [1.29, 1.82) is 0 Å². The van der Waals surface area contributed by atoms with Gasteiger partial charge in [-0.3, -0.25) is 4.79 Å². The first-order valence-electron chi connectivity index (χ1n) is 6.23. The standard InChI is InChI=1S/C16H15FO3/c1-19-15-4-2-12(3-5-15)6-7-20-16-9-13(11-18)8-14(17)10-16/h2-5,8-11H,6-7H2,1H3. The van der Waals surface area contributed by atoms with Gasteiger partial charge in [0.15, 0.2) is 0 Å². The molecule has 0 aliphatic rings. The highest BCUT2D eigenvalue weighted by Crippen LogP contribution is 2.16.